The Bertz CT molecular complexity index is 624. The molecule has 0 aromatic heterocycles. The van der Waals surface area contributed by atoms with E-state index in [9.17, 15) is 21.6 Å². The van der Waals surface area contributed by atoms with Crippen molar-refractivity contribution in [3.05, 3.63) is 40.3 Å². The van der Waals surface area contributed by atoms with Gasteiger partial charge in [0.15, 0.2) is 9.84 Å². The van der Waals surface area contributed by atoms with E-state index >= 15 is 0 Å². The number of allylic oxidation sites excluding steroid dienone is 1. The van der Waals surface area contributed by atoms with E-state index in [0.717, 1.165) is 30.5 Å². The van der Waals surface area contributed by atoms with Gasteiger partial charge in [-0.1, -0.05) is 12.1 Å². The number of benzene rings is 1. The second-order valence-electron chi connectivity index (χ2n) is 3.52. The van der Waals surface area contributed by atoms with Crippen molar-refractivity contribution in [2.24, 2.45) is 0 Å². The van der Waals surface area contributed by atoms with Crippen LogP contribution in [0.5, 0.6) is 0 Å². The summed E-state index contributed by atoms with van der Waals surface area (Å²) in [6, 6.07) is 5.52. The maximum atomic E-state index is 12.4. The molecule has 0 aliphatic rings. The molecule has 0 radical (unpaired) electrons. The van der Waals surface area contributed by atoms with Gasteiger partial charge in [0.25, 0.3) is 0 Å². The predicted octanol–water partition coefficient (Wildman–Crippen LogP) is 2.61. The Morgan fingerprint density at radius 3 is 2.44 bits per heavy atom. The molecule has 18 heavy (non-hydrogen) atoms. The van der Waals surface area contributed by atoms with Crippen LogP contribution in [0.1, 0.15) is 11.1 Å². The molecule has 3 nitrogen and oxygen atoms in total. The van der Waals surface area contributed by atoms with Crippen LogP contribution < -0.4 is 0 Å². The van der Waals surface area contributed by atoms with E-state index in [1.807, 2.05) is 0 Å². The zero-order valence-electron chi connectivity index (χ0n) is 9.19. The standard InChI is InChI=1S/C11H8F3NO2S/c1-18(16,17)10(7-15)6-8-3-2-4-9(5-8)11(12,13)14/h2-6H,1H3/b10-6-. The van der Waals surface area contributed by atoms with Crippen LogP contribution in [0.2, 0.25) is 0 Å². The lowest BCUT2D eigenvalue weighted by Gasteiger charge is -2.06. The predicted molar refractivity (Wildman–Crippen MR) is 59.9 cm³/mol. The van der Waals surface area contributed by atoms with Crippen molar-refractivity contribution in [3.63, 3.8) is 0 Å². The maximum Gasteiger partial charge on any atom is 0.416 e. The van der Waals surface area contributed by atoms with Gasteiger partial charge in [0.1, 0.15) is 11.0 Å². The third-order valence-corrected chi connectivity index (χ3v) is 3.03. The number of nitriles is 1. The highest BCUT2D eigenvalue weighted by atomic mass is 32.2. The van der Waals surface area contributed by atoms with E-state index < -0.39 is 26.5 Å². The molecule has 0 aliphatic heterocycles. The summed E-state index contributed by atoms with van der Waals surface area (Å²) in [4.78, 5) is -0.582. The van der Waals surface area contributed by atoms with Crippen molar-refractivity contribution in [2.75, 3.05) is 6.26 Å². The third kappa shape index (κ3) is 3.60. The first-order valence-electron chi connectivity index (χ1n) is 4.63. The van der Waals surface area contributed by atoms with Crippen LogP contribution in [-0.4, -0.2) is 14.7 Å². The number of nitrogens with zero attached hydrogens (tertiary/aromatic N) is 1. The number of alkyl halides is 3. The van der Waals surface area contributed by atoms with Crippen LogP contribution in [0.15, 0.2) is 29.2 Å². The zero-order valence-corrected chi connectivity index (χ0v) is 10.0. The first-order chi connectivity index (χ1) is 8.14. The van der Waals surface area contributed by atoms with Crippen LogP contribution in [-0.2, 0) is 16.0 Å². The van der Waals surface area contributed by atoms with Crippen molar-refractivity contribution in [1.82, 2.24) is 0 Å². The first kappa shape index (κ1) is 14.3. The average molecular weight is 275 g/mol. The molecule has 96 valence electrons. The van der Waals surface area contributed by atoms with Gasteiger partial charge in [0.2, 0.25) is 0 Å². The Hall–Kier alpha value is -1.81. The van der Waals surface area contributed by atoms with E-state index in [4.69, 9.17) is 5.26 Å². The normalized spacial score (nSPS) is 13.2. The number of hydrogen-bond donors (Lipinski definition) is 0. The van der Waals surface area contributed by atoms with E-state index in [2.05, 4.69) is 0 Å². The summed E-state index contributed by atoms with van der Waals surface area (Å²) < 4.78 is 59.5. The molecule has 0 fully saturated rings. The highest BCUT2D eigenvalue weighted by Gasteiger charge is 2.30. The highest BCUT2D eigenvalue weighted by molar-refractivity contribution is 7.95. The molecular formula is C11H8F3NO2S. The Morgan fingerprint density at radius 2 is 2.00 bits per heavy atom. The zero-order chi connectivity index (χ0) is 14.0. The molecule has 0 aliphatic carbocycles. The average Bonchev–Trinajstić information content (AvgIpc) is 2.23. The molecule has 0 spiro atoms. The number of sulfone groups is 1. The second kappa shape index (κ2) is 4.82. The molecular weight excluding hydrogens is 267 g/mol. The van der Waals surface area contributed by atoms with Gasteiger partial charge in [-0.15, -0.1) is 0 Å². The van der Waals surface area contributed by atoms with Gasteiger partial charge in [0.05, 0.1) is 5.56 Å². The summed E-state index contributed by atoms with van der Waals surface area (Å²) in [6.45, 7) is 0. The third-order valence-electron chi connectivity index (χ3n) is 2.02. The topological polar surface area (TPSA) is 57.9 Å². The summed E-state index contributed by atoms with van der Waals surface area (Å²) in [5.74, 6) is 0. The second-order valence-corrected chi connectivity index (χ2v) is 5.50. The summed E-state index contributed by atoms with van der Waals surface area (Å²) in [5, 5.41) is 8.63. The minimum atomic E-state index is -4.51. The van der Waals surface area contributed by atoms with Crippen LogP contribution in [0.4, 0.5) is 13.2 Å². The minimum Gasteiger partial charge on any atom is -0.223 e. The Balaban J connectivity index is 3.30. The quantitative estimate of drug-likeness (QED) is 0.779. The molecule has 0 bridgehead atoms. The molecule has 1 rings (SSSR count). The molecule has 0 saturated carbocycles. The van der Waals surface area contributed by atoms with Crippen LogP contribution in [0.25, 0.3) is 6.08 Å². The van der Waals surface area contributed by atoms with E-state index in [1.54, 1.807) is 0 Å². The van der Waals surface area contributed by atoms with Crippen LogP contribution in [0, 0.1) is 11.3 Å². The van der Waals surface area contributed by atoms with Crippen LogP contribution in [0.3, 0.4) is 0 Å². The Kier molecular flexibility index (Phi) is 3.82. The molecule has 7 heteroatoms. The molecule has 0 heterocycles. The smallest absolute Gasteiger partial charge is 0.223 e. The fourth-order valence-electron chi connectivity index (χ4n) is 1.18. The summed E-state index contributed by atoms with van der Waals surface area (Å²) in [6.07, 6.45) is -2.79. The lowest BCUT2D eigenvalue weighted by atomic mass is 10.1. The largest absolute Gasteiger partial charge is 0.416 e. The fraction of sp³-hybridized carbons (Fsp3) is 0.182. The Morgan fingerprint density at radius 1 is 1.39 bits per heavy atom. The van der Waals surface area contributed by atoms with Gasteiger partial charge in [-0.25, -0.2) is 8.42 Å². The maximum absolute atomic E-state index is 12.4. The van der Waals surface area contributed by atoms with Gasteiger partial charge in [-0.3, -0.25) is 0 Å². The van der Waals surface area contributed by atoms with Crippen molar-refractivity contribution in [1.29, 1.82) is 5.26 Å². The van der Waals surface area contributed by atoms with E-state index in [0.29, 0.717) is 0 Å². The van der Waals surface area contributed by atoms with E-state index in [1.165, 1.54) is 12.1 Å². The summed E-state index contributed by atoms with van der Waals surface area (Å²) in [7, 11) is -3.74. The number of rotatable bonds is 2. The van der Waals surface area contributed by atoms with Gasteiger partial charge in [0, 0.05) is 6.26 Å². The molecule has 0 amide bonds. The fourth-order valence-corrected chi connectivity index (χ4v) is 1.69. The van der Waals surface area contributed by atoms with Crippen molar-refractivity contribution < 1.29 is 21.6 Å². The Labute approximate surface area is 102 Å². The monoisotopic (exact) mass is 275 g/mol. The van der Waals surface area contributed by atoms with Crippen LogP contribution >= 0.6 is 0 Å². The van der Waals surface area contributed by atoms with Crippen molar-refractivity contribution >= 4 is 15.9 Å². The SMILES string of the molecule is CS(=O)(=O)/C(C#N)=C\c1cccc(C(F)(F)F)c1. The molecule has 0 atom stereocenters. The minimum absolute atomic E-state index is 0.00630. The van der Waals surface area contributed by atoms with Gasteiger partial charge in [-0.2, -0.15) is 18.4 Å². The van der Waals surface area contributed by atoms with Gasteiger partial charge < -0.3 is 0 Å². The lowest BCUT2D eigenvalue weighted by molar-refractivity contribution is -0.137. The highest BCUT2D eigenvalue weighted by Crippen LogP contribution is 2.30. The summed E-state index contributed by atoms with van der Waals surface area (Å²) >= 11 is 0. The van der Waals surface area contributed by atoms with Gasteiger partial charge >= 0.3 is 6.18 Å². The van der Waals surface area contributed by atoms with Crippen molar-refractivity contribution in [3.8, 4) is 6.07 Å². The lowest BCUT2D eigenvalue weighted by Crippen LogP contribution is -2.04. The molecule has 1 aromatic carbocycles. The molecule has 1 aromatic rings. The molecule has 0 saturated heterocycles. The molecule has 0 N–H and O–H groups in total. The van der Waals surface area contributed by atoms with Crippen molar-refractivity contribution in [2.45, 2.75) is 6.18 Å². The number of hydrogen-bond acceptors (Lipinski definition) is 3. The van der Waals surface area contributed by atoms with E-state index in [-0.39, 0.29) is 5.56 Å². The molecule has 0 unspecified atom stereocenters. The van der Waals surface area contributed by atoms with Gasteiger partial charge in [-0.05, 0) is 23.8 Å². The summed E-state index contributed by atoms with van der Waals surface area (Å²) in [5.41, 5.74) is -0.895. The first-order valence-corrected chi connectivity index (χ1v) is 6.53. The number of halogens is 3.